The molecule has 0 aromatic heterocycles. The van der Waals surface area contributed by atoms with Gasteiger partial charge in [0.15, 0.2) is 0 Å². The molecule has 0 aromatic rings. The fraction of sp³-hybridized carbons (Fsp3) is 0. The smallest absolute Gasteiger partial charge is 0 e. The van der Waals surface area contributed by atoms with E-state index in [1.807, 2.05) is 0 Å². The van der Waals surface area contributed by atoms with Crippen LogP contribution in [0.25, 0.3) is 0 Å². The van der Waals surface area contributed by atoms with Crippen LogP contribution in [0.2, 0.25) is 0 Å². The third-order valence-electron chi connectivity index (χ3n) is 0. The van der Waals surface area contributed by atoms with Gasteiger partial charge < -0.3 is 0 Å². The van der Waals surface area contributed by atoms with Crippen molar-refractivity contribution in [1.82, 2.24) is 0 Å². The van der Waals surface area contributed by atoms with E-state index in [9.17, 15) is 0 Å². The van der Waals surface area contributed by atoms with Crippen molar-refractivity contribution in [2.75, 3.05) is 0 Å². The van der Waals surface area contributed by atoms with E-state index in [-0.39, 0.29) is 76.2 Å². The van der Waals surface area contributed by atoms with Crippen molar-refractivity contribution in [2.24, 2.45) is 0 Å². The Balaban J connectivity index is -0.0000000450. The molecule has 0 heterocycles. The molecule has 0 saturated carbocycles. The SMILES string of the molecule is O=[C](O)[Zn].[BaH2].[Cd]. The topological polar surface area (TPSA) is 37.3 Å². The Morgan fingerprint density at radius 2 is 1.67 bits per heavy atom. The van der Waals surface area contributed by atoms with Crippen molar-refractivity contribution in [3.63, 3.8) is 0 Å². The Morgan fingerprint density at radius 1 is 1.67 bits per heavy atom. The summed E-state index contributed by atoms with van der Waals surface area (Å²) >= 11 is 0.347. The van der Waals surface area contributed by atoms with Gasteiger partial charge in [0, 0.05) is 27.3 Å². The largest absolute Gasteiger partial charge is 0 e. The van der Waals surface area contributed by atoms with Crippen LogP contribution in [0.1, 0.15) is 0 Å². The summed E-state index contributed by atoms with van der Waals surface area (Å²) in [5.41, 5.74) is 0. The van der Waals surface area contributed by atoms with Gasteiger partial charge in [-0.1, -0.05) is 0 Å². The van der Waals surface area contributed by atoms with Crippen molar-refractivity contribution in [2.45, 2.75) is 0 Å². The van der Waals surface area contributed by atoms with Gasteiger partial charge in [0.2, 0.25) is 0 Å². The number of carbonyl (C=O) groups is 1. The van der Waals surface area contributed by atoms with Gasteiger partial charge in [-0.05, 0) is 0 Å². The van der Waals surface area contributed by atoms with Crippen molar-refractivity contribution in [1.29, 1.82) is 0 Å². The average Bonchev–Trinajstić information content (AvgIpc) is 0.811. The predicted molar refractivity (Wildman–Crippen MR) is 16.6 cm³/mol. The molecule has 2 nitrogen and oxygen atoms in total. The Labute approximate surface area is 106 Å². The zero-order chi connectivity index (χ0) is 3.58. The second-order valence-electron chi connectivity index (χ2n) is 0.394. The summed E-state index contributed by atoms with van der Waals surface area (Å²) < 4.78 is -0.708. The quantitative estimate of drug-likeness (QED) is 0.579. The van der Waals surface area contributed by atoms with Crippen LogP contribution < -0.4 is 0 Å². The molecule has 0 aliphatic rings. The van der Waals surface area contributed by atoms with Gasteiger partial charge in [0.25, 0.3) is 0 Å². The van der Waals surface area contributed by atoms with Crippen LogP contribution in [-0.4, -0.2) is 58.6 Å². The Bertz CT molecular complexity index is 36.5. The molecule has 0 spiro atoms. The summed E-state index contributed by atoms with van der Waals surface area (Å²) in [6, 6.07) is 0. The maximum absolute atomic E-state index is 9.06. The fourth-order valence-electron chi connectivity index (χ4n) is 0. The average molecular weight is 362 g/mol. The molecule has 0 aliphatic carbocycles. The maximum atomic E-state index is 9.06. The zero-order valence-electron chi connectivity index (χ0n) is 2.77. The van der Waals surface area contributed by atoms with Crippen molar-refractivity contribution in [3.8, 4) is 0 Å². The summed E-state index contributed by atoms with van der Waals surface area (Å²) in [6.07, 6.45) is 0. The summed E-state index contributed by atoms with van der Waals surface area (Å²) in [7, 11) is 0. The molecule has 1 N–H and O–H groups in total. The van der Waals surface area contributed by atoms with Gasteiger partial charge in [0.05, 0.1) is 0 Å². The van der Waals surface area contributed by atoms with E-state index < -0.39 is 4.56 Å². The molecule has 0 bridgehead atoms. The monoisotopic (exact) mass is 363 g/mol. The first-order chi connectivity index (χ1) is 1.73. The number of hydrogen-bond donors (Lipinski definition) is 1. The summed E-state index contributed by atoms with van der Waals surface area (Å²) in [5.74, 6) is 0. The molecule has 0 atom stereocenters. The minimum absolute atomic E-state index is 0. The third-order valence-corrected chi connectivity index (χ3v) is 0. The molecular weight excluding hydrogens is 359 g/mol. The van der Waals surface area contributed by atoms with Gasteiger partial charge in [-0.3, -0.25) is 0 Å². The van der Waals surface area contributed by atoms with Crippen LogP contribution in [0, 0.1) is 0 Å². The normalized spacial score (nSPS) is 4.33. The minimum atomic E-state index is -0.708. The van der Waals surface area contributed by atoms with Crippen molar-refractivity contribution >= 4 is 53.4 Å². The van der Waals surface area contributed by atoms with Crippen LogP contribution in [0.15, 0.2) is 0 Å². The summed E-state index contributed by atoms with van der Waals surface area (Å²) in [6.45, 7) is 0. The zero-order valence-corrected chi connectivity index (χ0v) is 9.77. The molecule has 6 heavy (non-hydrogen) atoms. The second kappa shape index (κ2) is 10.5. The molecule has 5 heteroatoms. The first kappa shape index (κ1) is 15.8. The molecule has 25 valence electrons. The van der Waals surface area contributed by atoms with E-state index in [0.717, 1.165) is 0 Å². The van der Waals surface area contributed by atoms with Crippen LogP contribution in [0.3, 0.4) is 0 Å². The Kier molecular flexibility index (Phi) is 27.8. The minimum Gasteiger partial charge on any atom is 0 e. The van der Waals surface area contributed by atoms with Crippen LogP contribution in [0.5, 0.6) is 0 Å². The van der Waals surface area contributed by atoms with Gasteiger partial charge in [-0.2, -0.15) is 0 Å². The number of rotatable bonds is 0. The van der Waals surface area contributed by atoms with E-state index >= 15 is 0 Å². The number of hydrogen-bond acceptors (Lipinski definition) is 1. The van der Waals surface area contributed by atoms with Gasteiger partial charge in [-0.25, -0.2) is 0 Å². The van der Waals surface area contributed by atoms with Crippen molar-refractivity contribution in [3.05, 3.63) is 0 Å². The number of carboxylic acid groups (broad SMARTS) is 1. The first-order valence-electron chi connectivity index (χ1n) is 0.781. The van der Waals surface area contributed by atoms with Crippen molar-refractivity contribution < 1.29 is 55.5 Å². The van der Waals surface area contributed by atoms with Gasteiger partial charge in [-0.15, -0.1) is 0 Å². The maximum Gasteiger partial charge on any atom is 0 e. The first-order valence-corrected chi connectivity index (χ1v) is 2.26. The van der Waals surface area contributed by atoms with E-state index in [2.05, 4.69) is 0 Å². The molecule has 0 aromatic carbocycles. The van der Waals surface area contributed by atoms with Crippen LogP contribution in [0.4, 0.5) is 4.79 Å². The molecule has 0 amide bonds. The molecule has 0 rings (SSSR count). The van der Waals surface area contributed by atoms with E-state index in [0.29, 0.717) is 18.3 Å². The predicted octanol–water partition coefficient (Wildman–Crippen LogP) is -0.708. The third kappa shape index (κ3) is 30.7. The molecule has 0 fully saturated rings. The molecule has 0 radical (unpaired) electrons. The molecule has 0 saturated heterocycles. The van der Waals surface area contributed by atoms with Crippen LogP contribution >= 0.6 is 0 Å². The molecule has 0 unspecified atom stereocenters. The van der Waals surface area contributed by atoms with Gasteiger partial charge >= 0.3 is 81.6 Å². The van der Waals surface area contributed by atoms with E-state index in [1.54, 1.807) is 0 Å². The molecular formula is CH3BaCdO2Zn. The van der Waals surface area contributed by atoms with Gasteiger partial charge in [0.1, 0.15) is 0 Å². The van der Waals surface area contributed by atoms with E-state index in [1.165, 1.54) is 0 Å². The van der Waals surface area contributed by atoms with E-state index in [4.69, 9.17) is 9.90 Å². The fourth-order valence-corrected chi connectivity index (χ4v) is 0. The standard InChI is InChI=1S/CHO2.Ba.Cd.Zn.2H/c2-1-3;;;;;/h(H,2,3);;;;;. The Morgan fingerprint density at radius 3 is 1.67 bits per heavy atom. The van der Waals surface area contributed by atoms with Crippen LogP contribution in [-0.2, 0) is 45.6 Å². The Hall–Kier alpha value is 2.59. The summed E-state index contributed by atoms with van der Waals surface area (Å²) in [4.78, 5) is 9.06. The summed E-state index contributed by atoms with van der Waals surface area (Å²) in [5, 5.41) is 7.47. The molecule has 0 aliphatic heterocycles. The second-order valence-corrected chi connectivity index (χ2v) is 1.66.